The summed E-state index contributed by atoms with van der Waals surface area (Å²) in [5, 5.41) is 15.5. The van der Waals surface area contributed by atoms with E-state index in [1.54, 1.807) is 38.3 Å². The molecular formula is C38H39FN4O4. The smallest absolute Gasteiger partial charge is 0.337 e. The zero-order valence-corrected chi connectivity index (χ0v) is 27.2. The molecule has 47 heavy (non-hydrogen) atoms. The molecule has 8 bridgehead atoms. The topological polar surface area (TPSA) is 89.2 Å². The normalized spacial score (nSPS) is 15.5. The zero-order chi connectivity index (χ0) is 32.9. The number of carboxylic acids is 1. The third-order valence-electron chi connectivity index (χ3n) is 8.86. The van der Waals surface area contributed by atoms with Gasteiger partial charge in [-0.15, -0.1) is 0 Å². The Hall–Kier alpha value is -4.76. The molecule has 0 saturated heterocycles. The minimum absolute atomic E-state index is 0.214. The number of fused-ring (bicyclic) bond motifs is 9. The predicted molar refractivity (Wildman–Crippen MR) is 180 cm³/mol. The molecule has 2 aliphatic heterocycles. The largest absolute Gasteiger partial charge is 0.489 e. The maximum absolute atomic E-state index is 16.4. The summed E-state index contributed by atoms with van der Waals surface area (Å²) in [6.07, 6.45) is 2.66. The number of benzene rings is 3. The fourth-order valence-electron chi connectivity index (χ4n) is 6.71. The van der Waals surface area contributed by atoms with Crippen molar-refractivity contribution in [1.29, 1.82) is 0 Å². The van der Waals surface area contributed by atoms with Gasteiger partial charge in [-0.2, -0.15) is 5.10 Å². The molecule has 7 rings (SSSR count). The molecule has 1 atom stereocenters. The van der Waals surface area contributed by atoms with Crippen LogP contribution in [0.15, 0.2) is 66.7 Å². The van der Waals surface area contributed by atoms with Crippen LogP contribution in [-0.2, 0) is 16.0 Å². The van der Waals surface area contributed by atoms with Crippen LogP contribution >= 0.6 is 0 Å². The van der Waals surface area contributed by atoms with Crippen LogP contribution in [0, 0.1) is 12.7 Å². The number of nitrogens with zero attached hydrogens (tertiary/aromatic N) is 4. The number of carbonyl (C=O) groups is 1. The molecule has 2 aliphatic rings. The molecule has 3 aromatic carbocycles. The average Bonchev–Trinajstić information content (AvgIpc) is 3.46. The highest BCUT2D eigenvalue weighted by Crippen LogP contribution is 2.42. The van der Waals surface area contributed by atoms with E-state index in [1.807, 2.05) is 18.2 Å². The summed E-state index contributed by atoms with van der Waals surface area (Å²) in [5.41, 5.74) is 6.63. The first-order valence-electron chi connectivity index (χ1n) is 16.3. The van der Waals surface area contributed by atoms with E-state index in [1.165, 1.54) is 11.6 Å². The molecule has 9 heteroatoms. The van der Waals surface area contributed by atoms with Crippen molar-refractivity contribution in [2.24, 2.45) is 0 Å². The standard InChI is InChI=1S/C38H39FN4O4/c1-23-34(36(37(44)45)47-38(2,3)4)35-28-20-31-32(21-29(28)39)46-17-16-42(31)15-7-5-6-10-24-11-8-12-25(18-24)26-13-9-14-27(19-26)30-22-33(40-23)43(35)41-30/h8-9,11-14,18-22,36H,5-7,10,15-17H2,1-4H3,(H,44,45)/t36-/m0/s1. The van der Waals surface area contributed by atoms with Crippen molar-refractivity contribution in [3.8, 4) is 39.4 Å². The summed E-state index contributed by atoms with van der Waals surface area (Å²) in [7, 11) is 0. The van der Waals surface area contributed by atoms with Crippen LogP contribution < -0.4 is 9.64 Å². The molecule has 0 amide bonds. The Kier molecular flexibility index (Phi) is 7.96. The van der Waals surface area contributed by atoms with Crippen molar-refractivity contribution in [2.75, 3.05) is 24.6 Å². The van der Waals surface area contributed by atoms with Crippen LogP contribution in [-0.4, -0.2) is 51.0 Å². The Morgan fingerprint density at radius 1 is 0.979 bits per heavy atom. The third kappa shape index (κ3) is 6.07. The molecule has 4 heterocycles. The predicted octanol–water partition coefficient (Wildman–Crippen LogP) is 8.04. The number of aryl methyl sites for hydroxylation is 2. The van der Waals surface area contributed by atoms with Crippen molar-refractivity contribution in [2.45, 2.75) is 65.1 Å². The fourth-order valence-corrected chi connectivity index (χ4v) is 6.71. The SMILES string of the molecule is Cc1nc2cc3nn2c(c1[C@H](OC(C)(C)C)C(=O)O)-c1cc2c(cc1F)OCCN2CCCCCc1cccc(c1)-c1cccc-3c1. The van der Waals surface area contributed by atoms with Crippen molar-refractivity contribution >= 4 is 17.3 Å². The second-order valence-corrected chi connectivity index (χ2v) is 13.4. The van der Waals surface area contributed by atoms with Gasteiger partial charge in [-0.1, -0.05) is 48.9 Å². The van der Waals surface area contributed by atoms with Gasteiger partial charge in [-0.05, 0) is 75.8 Å². The second kappa shape index (κ2) is 12.1. The van der Waals surface area contributed by atoms with E-state index in [2.05, 4.69) is 41.3 Å². The van der Waals surface area contributed by atoms with Crippen molar-refractivity contribution in [3.05, 3.63) is 89.4 Å². The average molecular weight is 635 g/mol. The summed E-state index contributed by atoms with van der Waals surface area (Å²) in [4.78, 5) is 19.9. The quantitative estimate of drug-likeness (QED) is 0.215. The lowest BCUT2D eigenvalue weighted by Crippen LogP contribution is -2.33. The minimum Gasteiger partial charge on any atom is -0.489 e. The molecular weight excluding hydrogens is 595 g/mol. The Labute approximate surface area is 273 Å². The van der Waals surface area contributed by atoms with Crippen molar-refractivity contribution < 1.29 is 23.8 Å². The van der Waals surface area contributed by atoms with Gasteiger partial charge in [0.25, 0.3) is 0 Å². The maximum atomic E-state index is 16.4. The molecule has 5 aromatic rings. The van der Waals surface area contributed by atoms with E-state index in [4.69, 9.17) is 19.6 Å². The summed E-state index contributed by atoms with van der Waals surface area (Å²) >= 11 is 0. The second-order valence-electron chi connectivity index (χ2n) is 13.4. The van der Waals surface area contributed by atoms with Crippen LogP contribution in [0.1, 0.15) is 63.0 Å². The first-order valence-corrected chi connectivity index (χ1v) is 16.3. The number of hydrogen-bond donors (Lipinski definition) is 1. The number of aliphatic carboxylic acids is 1. The van der Waals surface area contributed by atoms with E-state index in [0.717, 1.165) is 54.6 Å². The molecule has 1 N–H and O–H groups in total. The molecule has 0 saturated carbocycles. The van der Waals surface area contributed by atoms with Gasteiger partial charge in [-0.25, -0.2) is 18.7 Å². The minimum atomic E-state index is -1.42. The van der Waals surface area contributed by atoms with E-state index in [0.29, 0.717) is 41.6 Å². The number of ether oxygens (including phenoxy) is 2. The molecule has 242 valence electrons. The van der Waals surface area contributed by atoms with Crippen LogP contribution in [0.2, 0.25) is 0 Å². The van der Waals surface area contributed by atoms with Gasteiger partial charge in [0.1, 0.15) is 18.2 Å². The number of rotatable bonds is 3. The van der Waals surface area contributed by atoms with Gasteiger partial charge < -0.3 is 19.5 Å². The number of aromatic nitrogens is 3. The highest BCUT2D eigenvalue weighted by molar-refractivity contribution is 5.83. The van der Waals surface area contributed by atoms with Gasteiger partial charge in [0.05, 0.1) is 29.2 Å². The van der Waals surface area contributed by atoms with E-state index in [-0.39, 0.29) is 11.1 Å². The number of carboxylic acid groups (broad SMARTS) is 1. The van der Waals surface area contributed by atoms with Crippen LogP contribution in [0.5, 0.6) is 5.75 Å². The molecule has 0 fully saturated rings. The number of anilines is 1. The molecule has 0 spiro atoms. The Morgan fingerprint density at radius 3 is 2.53 bits per heavy atom. The van der Waals surface area contributed by atoms with E-state index < -0.39 is 23.5 Å². The van der Waals surface area contributed by atoms with Crippen LogP contribution in [0.3, 0.4) is 0 Å². The van der Waals surface area contributed by atoms with Crippen LogP contribution in [0.4, 0.5) is 10.1 Å². The highest BCUT2D eigenvalue weighted by atomic mass is 19.1. The Morgan fingerprint density at radius 2 is 1.74 bits per heavy atom. The number of halogens is 1. The molecule has 8 nitrogen and oxygen atoms in total. The lowest BCUT2D eigenvalue weighted by Gasteiger charge is -2.32. The summed E-state index contributed by atoms with van der Waals surface area (Å²) < 4.78 is 30.0. The van der Waals surface area contributed by atoms with Crippen molar-refractivity contribution in [1.82, 2.24) is 14.6 Å². The third-order valence-corrected chi connectivity index (χ3v) is 8.86. The van der Waals surface area contributed by atoms with Gasteiger partial charge in [0, 0.05) is 41.1 Å². The monoisotopic (exact) mass is 634 g/mol. The highest BCUT2D eigenvalue weighted by Gasteiger charge is 2.35. The summed E-state index contributed by atoms with van der Waals surface area (Å²) in [6, 6.07) is 21.9. The van der Waals surface area contributed by atoms with E-state index in [9.17, 15) is 9.90 Å². The van der Waals surface area contributed by atoms with Crippen LogP contribution in [0.25, 0.3) is 39.3 Å². The summed E-state index contributed by atoms with van der Waals surface area (Å²) in [5.74, 6) is -1.26. The molecule has 0 radical (unpaired) electrons. The lowest BCUT2D eigenvalue weighted by molar-refractivity contribution is -0.160. The molecule has 2 aromatic heterocycles. The lowest BCUT2D eigenvalue weighted by atomic mass is 9.97. The zero-order valence-electron chi connectivity index (χ0n) is 27.2. The van der Waals surface area contributed by atoms with Gasteiger partial charge in [-0.3, -0.25) is 0 Å². The fraction of sp³-hybridized carbons (Fsp3) is 0.342. The van der Waals surface area contributed by atoms with Crippen molar-refractivity contribution in [3.63, 3.8) is 0 Å². The molecule has 0 aliphatic carbocycles. The first kappa shape index (κ1) is 30.9. The summed E-state index contributed by atoms with van der Waals surface area (Å²) in [6.45, 7) is 9.06. The van der Waals surface area contributed by atoms with E-state index >= 15 is 4.39 Å². The van der Waals surface area contributed by atoms with Gasteiger partial charge in [0.2, 0.25) is 0 Å². The Bertz CT molecular complexity index is 2000. The van der Waals surface area contributed by atoms with Gasteiger partial charge in [0.15, 0.2) is 11.8 Å². The first-order chi connectivity index (χ1) is 22.6. The molecule has 0 unspecified atom stereocenters. The Balaban J connectivity index is 1.51. The maximum Gasteiger partial charge on any atom is 0.337 e. The van der Waals surface area contributed by atoms with Gasteiger partial charge >= 0.3 is 5.97 Å². The number of hydrogen-bond acceptors (Lipinski definition) is 6.